The fourth-order valence-electron chi connectivity index (χ4n) is 3.36. The van der Waals surface area contributed by atoms with Gasteiger partial charge in [-0.2, -0.15) is 0 Å². The van der Waals surface area contributed by atoms with Crippen LogP contribution in [0.4, 0.5) is 0 Å². The molecule has 0 radical (unpaired) electrons. The predicted molar refractivity (Wildman–Crippen MR) is 102 cm³/mol. The van der Waals surface area contributed by atoms with E-state index in [1.165, 1.54) is 24.8 Å². The largest absolute Gasteiger partial charge is 0.454 e. The molecule has 4 rings (SSSR count). The molecule has 0 saturated carbocycles. The Morgan fingerprint density at radius 2 is 2.11 bits per heavy atom. The molecule has 7 heteroatoms. The molecule has 1 amide bonds. The molecular formula is C21H24N2O5. The van der Waals surface area contributed by atoms with Gasteiger partial charge in [0.2, 0.25) is 12.7 Å². The number of benzene rings is 1. The minimum absolute atomic E-state index is 0.00522. The zero-order valence-electron chi connectivity index (χ0n) is 15.7. The number of amides is 1. The van der Waals surface area contributed by atoms with Gasteiger partial charge in [0.1, 0.15) is 12.3 Å². The van der Waals surface area contributed by atoms with Crippen molar-refractivity contribution in [1.82, 2.24) is 10.5 Å². The Labute approximate surface area is 163 Å². The zero-order valence-corrected chi connectivity index (χ0v) is 15.7. The molecule has 7 nitrogen and oxygen atoms in total. The number of aromatic nitrogens is 1. The van der Waals surface area contributed by atoms with Gasteiger partial charge in [-0.3, -0.25) is 4.79 Å². The van der Waals surface area contributed by atoms with Crippen molar-refractivity contribution in [3.63, 3.8) is 0 Å². The molecule has 2 aromatic rings. The number of fused-ring (bicyclic) bond motifs is 1. The van der Waals surface area contributed by atoms with E-state index in [-0.39, 0.29) is 25.9 Å². The Kier molecular flexibility index (Phi) is 5.92. The summed E-state index contributed by atoms with van der Waals surface area (Å²) in [5, 5.41) is 6.89. The first-order chi connectivity index (χ1) is 13.8. The monoisotopic (exact) mass is 384 g/mol. The maximum absolute atomic E-state index is 11.9. The normalized spacial score (nSPS) is 15.4. The number of rotatable bonds is 8. The summed E-state index contributed by atoms with van der Waals surface area (Å²) >= 11 is 0. The Morgan fingerprint density at radius 1 is 1.18 bits per heavy atom. The Balaban J connectivity index is 1.19. The first kappa shape index (κ1) is 18.6. The van der Waals surface area contributed by atoms with Crippen molar-refractivity contribution in [1.29, 1.82) is 0 Å². The van der Waals surface area contributed by atoms with Crippen LogP contribution in [0.25, 0.3) is 11.3 Å². The van der Waals surface area contributed by atoms with Crippen LogP contribution in [0.1, 0.15) is 37.8 Å². The molecule has 2 aliphatic rings. The molecule has 28 heavy (non-hydrogen) atoms. The molecule has 1 aliphatic carbocycles. The average Bonchev–Trinajstić information content (AvgIpc) is 3.37. The molecule has 1 N–H and O–H groups in total. The maximum Gasteiger partial charge on any atom is 0.246 e. The Bertz CT molecular complexity index is 858. The van der Waals surface area contributed by atoms with Crippen molar-refractivity contribution in [2.75, 3.05) is 19.9 Å². The van der Waals surface area contributed by atoms with Crippen molar-refractivity contribution in [2.24, 2.45) is 0 Å². The number of hydrogen-bond donors (Lipinski definition) is 1. The lowest BCUT2D eigenvalue weighted by Gasteiger charge is -2.12. The van der Waals surface area contributed by atoms with E-state index < -0.39 is 0 Å². The van der Waals surface area contributed by atoms with Crippen LogP contribution in [-0.2, 0) is 16.1 Å². The van der Waals surface area contributed by atoms with Gasteiger partial charge >= 0.3 is 0 Å². The smallest absolute Gasteiger partial charge is 0.246 e. The fraction of sp³-hybridized carbons (Fsp3) is 0.429. The molecule has 1 aliphatic heterocycles. The van der Waals surface area contributed by atoms with Gasteiger partial charge in [-0.05, 0) is 50.3 Å². The number of allylic oxidation sites excluding steroid dienone is 1. The summed E-state index contributed by atoms with van der Waals surface area (Å²) < 4.78 is 21.5. The number of ether oxygens (including phenoxy) is 3. The fourth-order valence-corrected chi connectivity index (χ4v) is 3.36. The molecule has 0 fully saturated rings. The van der Waals surface area contributed by atoms with E-state index in [2.05, 4.69) is 16.5 Å². The van der Waals surface area contributed by atoms with Crippen LogP contribution < -0.4 is 14.8 Å². The molecule has 0 bridgehead atoms. The summed E-state index contributed by atoms with van der Waals surface area (Å²) in [5.41, 5.74) is 2.93. The minimum atomic E-state index is -0.115. The van der Waals surface area contributed by atoms with Crippen LogP contribution in [0, 0.1) is 0 Å². The summed E-state index contributed by atoms with van der Waals surface area (Å²) in [6, 6.07) is 7.37. The minimum Gasteiger partial charge on any atom is -0.454 e. The third-order valence-corrected chi connectivity index (χ3v) is 4.85. The topological polar surface area (TPSA) is 82.8 Å². The maximum atomic E-state index is 11.9. The molecule has 148 valence electrons. The first-order valence-corrected chi connectivity index (χ1v) is 9.66. The van der Waals surface area contributed by atoms with Crippen LogP contribution in [0.3, 0.4) is 0 Å². The van der Waals surface area contributed by atoms with Crippen LogP contribution in [-0.4, -0.2) is 31.0 Å². The lowest BCUT2D eigenvalue weighted by atomic mass is 9.97. The van der Waals surface area contributed by atoms with E-state index in [9.17, 15) is 4.79 Å². The number of nitrogens with zero attached hydrogens (tertiary/aromatic N) is 1. The van der Waals surface area contributed by atoms with Gasteiger partial charge in [0.15, 0.2) is 17.3 Å². The van der Waals surface area contributed by atoms with Gasteiger partial charge in [-0.1, -0.05) is 16.8 Å². The number of carbonyl (C=O) groups is 1. The lowest BCUT2D eigenvalue weighted by Crippen LogP contribution is -2.28. The van der Waals surface area contributed by atoms with Crippen molar-refractivity contribution in [3.05, 3.63) is 41.6 Å². The molecule has 1 aromatic carbocycles. The van der Waals surface area contributed by atoms with Crippen molar-refractivity contribution >= 4 is 5.91 Å². The number of nitrogens with one attached hydrogen (secondary N) is 1. The first-order valence-electron chi connectivity index (χ1n) is 9.66. The summed E-state index contributed by atoms with van der Waals surface area (Å²) in [5.74, 6) is 1.91. The van der Waals surface area contributed by atoms with Gasteiger partial charge in [0.25, 0.3) is 0 Å². The van der Waals surface area contributed by atoms with Crippen molar-refractivity contribution < 1.29 is 23.5 Å². The highest BCUT2D eigenvalue weighted by molar-refractivity contribution is 5.77. The van der Waals surface area contributed by atoms with Gasteiger partial charge in [-0.15, -0.1) is 0 Å². The average molecular weight is 384 g/mol. The van der Waals surface area contributed by atoms with Gasteiger partial charge in [0, 0.05) is 18.2 Å². The molecule has 0 saturated heterocycles. The highest BCUT2D eigenvalue weighted by atomic mass is 16.7. The summed E-state index contributed by atoms with van der Waals surface area (Å²) in [7, 11) is 0. The predicted octanol–water partition coefficient (Wildman–Crippen LogP) is 3.59. The van der Waals surface area contributed by atoms with Crippen molar-refractivity contribution in [2.45, 2.75) is 38.7 Å². The van der Waals surface area contributed by atoms with Gasteiger partial charge < -0.3 is 24.1 Å². The highest BCUT2D eigenvalue weighted by Crippen LogP contribution is 2.36. The Morgan fingerprint density at radius 3 is 3.00 bits per heavy atom. The van der Waals surface area contributed by atoms with Crippen molar-refractivity contribution in [3.8, 4) is 22.8 Å². The number of hydrogen-bond acceptors (Lipinski definition) is 6. The molecular weight excluding hydrogens is 360 g/mol. The molecule has 0 unspecified atom stereocenters. The van der Waals surface area contributed by atoms with E-state index in [1.807, 2.05) is 18.2 Å². The van der Waals surface area contributed by atoms with Crippen LogP contribution in [0.15, 0.2) is 40.4 Å². The molecule has 0 atom stereocenters. The van der Waals surface area contributed by atoms with E-state index in [0.717, 1.165) is 24.2 Å². The van der Waals surface area contributed by atoms with E-state index in [0.29, 0.717) is 23.7 Å². The summed E-state index contributed by atoms with van der Waals surface area (Å²) in [6.07, 6.45) is 8.09. The second-order valence-corrected chi connectivity index (χ2v) is 6.95. The standard InChI is InChI=1S/C21H24N2O5/c24-21(22-9-8-15-4-2-1-3-5-15)13-25-12-17-11-19(28-23-17)16-6-7-18-20(10-16)27-14-26-18/h4,6-7,10-11H,1-3,5,8-9,12-14H2,(H,22,24). The summed E-state index contributed by atoms with van der Waals surface area (Å²) in [6.45, 7) is 1.11. The molecule has 2 heterocycles. The van der Waals surface area contributed by atoms with E-state index >= 15 is 0 Å². The quantitative estimate of drug-likeness (QED) is 0.701. The number of carbonyl (C=O) groups excluding carboxylic acids is 1. The molecule has 1 aromatic heterocycles. The SMILES string of the molecule is O=C(COCc1cc(-c2ccc3c(c2)OCO3)on1)NCCC1=CCCCC1. The van der Waals surface area contributed by atoms with Gasteiger partial charge in [0.05, 0.1) is 6.61 Å². The van der Waals surface area contributed by atoms with Crippen LogP contribution in [0.2, 0.25) is 0 Å². The lowest BCUT2D eigenvalue weighted by molar-refractivity contribution is -0.126. The van der Waals surface area contributed by atoms with Crippen LogP contribution >= 0.6 is 0 Å². The van der Waals surface area contributed by atoms with Crippen LogP contribution in [0.5, 0.6) is 11.5 Å². The third kappa shape index (κ3) is 4.72. The summed E-state index contributed by atoms with van der Waals surface area (Å²) in [4.78, 5) is 11.9. The molecule has 0 spiro atoms. The second-order valence-electron chi connectivity index (χ2n) is 6.95. The third-order valence-electron chi connectivity index (χ3n) is 4.85. The van der Waals surface area contributed by atoms with Gasteiger partial charge in [-0.25, -0.2) is 0 Å². The highest BCUT2D eigenvalue weighted by Gasteiger charge is 2.16. The zero-order chi connectivity index (χ0) is 19.2. The van der Waals surface area contributed by atoms with E-state index in [1.54, 1.807) is 6.07 Å². The Hall–Kier alpha value is -2.80. The second kappa shape index (κ2) is 8.93. The van der Waals surface area contributed by atoms with E-state index in [4.69, 9.17) is 18.7 Å².